The van der Waals surface area contributed by atoms with Crippen molar-refractivity contribution in [3.63, 3.8) is 0 Å². The molecule has 0 N–H and O–H groups in total. The van der Waals surface area contributed by atoms with Gasteiger partial charge in [0.2, 0.25) is 5.91 Å². The third kappa shape index (κ3) is 1.86. The van der Waals surface area contributed by atoms with Crippen LogP contribution < -0.4 is 0 Å². The summed E-state index contributed by atoms with van der Waals surface area (Å²) in [6, 6.07) is 3.78. The minimum atomic E-state index is -0.158. The van der Waals surface area contributed by atoms with Crippen molar-refractivity contribution in [2.45, 2.75) is 40.2 Å². The number of rotatable bonds is 1. The summed E-state index contributed by atoms with van der Waals surface area (Å²) < 4.78 is 0. The van der Waals surface area contributed by atoms with Gasteiger partial charge in [-0.2, -0.15) is 0 Å². The molecular formula is C14H17NO2. The number of benzene rings is 1. The van der Waals surface area contributed by atoms with Crippen molar-refractivity contribution in [3.8, 4) is 0 Å². The molecule has 0 aliphatic carbocycles. The summed E-state index contributed by atoms with van der Waals surface area (Å²) in [5.74, 6) is -0.255. The van der Waals surface area contributed by atoms with E-state index in [2.05, 4.69) is 0 Å². The minimum absolute atomic E-state index is 0.0789. The van der Waals surface area contributed by atoms with Crippen molar-refractivity contribution < 1.29 is 9.59 Å². The molecule has 3 heteroatoms. The first kappa shape index (κ1) is 11.8. The van der Waals surface area contributed by atoms with Crippen LogP contribution in [-0.2, 0) is 11.2 Å². The van der Waals surface area contributed by atoms with Gasteiger partial charge in [0.25, 0.3) is 5.91 Å². The lowest BCUT2D eigenvalue weighted by atomic mass is 9.93. The highest BCUT2D eigenvalue weighted by molar-refractivity contribution is 6.10. The summed E-state index contributed by atoms with van der Waals surface area (Å²) in [5.41, 5.74) is 3.76. The molecule has 90 valence electrons. The van der Waals surface area contributed by atoms with Crippen molar-refractivity contribution in [3.05, 3.63) is 34.4 Å². The first-order valence-corrected chi connectivity index (χ1v) is 5.88. The van der Waals surface area contributed by atoms with Gasteiger partial charge in [-0.3, -0.25) is 14.5 Å². The Kier molecular flexibility index (Phi) is 2.77. The SMILES string of the molecule is Cc1cc2c(cc1C)C(=O)N(C(C)C)C(=O)C2. The average molecular weight is 231 g/mol. The van der Waals surface area contributed by atoms with E-state index in [-0.39, 0.29) is 17.9 Å². The van der Waals surface area contributed by atoms with Crippen LogP contribution in [0.25, 0.3) is 0 Å². The Bertz CT molecular complexity index is 503. The fourth-order valence-corrected chi connectivity index (χ4v) is 2.23. The molecule has 0 spiro atoms. The standard InChI is InChI=1S/C14H17NO2/c1-8(2)15-13(16)7-11-5-9(3)10(4)6-12(11)14(15)17/h5-6,8H,7H2,1-4H3. The summed E-state index contributed by atoms with van der Waals surface area (Å²) in [4.78, 5) is 25.5. The Morgan fingerprint density at radius 1 is 1.12 bits per heavy atom. The zero-order valence-corrected chi connectivity index (χ0v) is 10.7. The fourth-order valence-electron chi connectivity index (χ4n) is 2.23. The second-order valence-corrected chi connectivity index (χ2v) is 4.93. The van der Waals surface area contributed by atoms with Crippen molar-refractivity contribution in [1.29, 1.82) is 0 Å². The molecule has 1 aromatic carbocycles. The molecule has 0 aromatic heterocycles. The van der Waals surface area contributed by atoms with E-state index in [1.54, 1.807) is 0 Å². The van der Waals surface area contributed by atoms with Crippen molar-refractivity contribution in [2.24, 2.45) is 0 Å². The van der Waals surface area contributed by atoms with Gasteiger partial charge >= 0.3 is 0 Å². The summed E-state index contributed by atoms with van der Waals surface area (Å²) in [7, 11) is 0. The second kappa shape index (κ2) is 3.99. The number of fused-ring (bicyclic) bond motifs is 1. The number of hydrogen-bond acceptors (Lipinski definition) is 2. The quantitative estimate of drug-likeness (QED) is 0.695. The second-order valence-electron chi connectivity index (χ2n) is 4.93. The lowest BCUT2D eigenvalue weighted by Gasteiger charge is -2.30. The van der Waals surface area contributed by atoms with Gasteiger partial charge in [0.15, 0.2) is 0 Å². The van der Waals surface area contributed by atoms with Gasteiger partial charge < -0.3 is 0 Å². The number of imide groups is 1. The molecular weight excluding hydrogens is 214 g/mol. The third-order valence-electron chi connectivity index (χ3n) is 3.30. The van der Waals surface area contributed by atoms with Gasteiger partial charge in [0.05, 0.1) is 6.42 Å². The summed E-state index contributed by atoms with van der Waals surface area (Å²) in [6.45, 7) is 7.71. The molecule has 0 atom stereocenters. The van der Waals surface area contributed by atoms with E-state index in [0.717, 1.165) is 16.7 Å². The van der Waals surface area contributed by atoms with Gasteiger partial charge in [0.1, 0.15) is 0 Å². The van der Waals surface area contributed by atoms with Crippen LogP contribution in [0, 0.1) is 13.8 Å². The highest BCUT2D eigenvalue weighted by atomic mass is 16.2. The van der Waals surface area contributed by atoms with E-state index in [0.29, 0.717) is 12.0 Å². The molecule has 0 radical (unpaired) electrons. The van der Waals surface area contributed by atoms with Gasteiger partial charge in [-0.05, 0) is 50.5 Å². The molecule has 2 amide bonds. The number of carbonyl (C=O) groups excluding carboxylic acids is 2. The number of hydrogen-bond donors (Lipinski definition) is 0. The number of nitrogens with zero attached hydrogens (tertiary/aromatic N) is 1. The van der Waals surface area contributed by atoms with Crippen LogP contribution in [0.2, 0.25) is 0 Å². The molecule has 1 aromatic rings. The normalized spacial score (nSPS) is 15.5. The average Bonchev–Trinajstić information content (AvgIpc) is 2.21. The topological polar surface area (TPSA) is 37.4 Å². The number of amides is 2. The summed E-state index contributed by atoms with van der Waals surface area (Å²) >= 11 is 0. The summed E-state index contributed by atoms with van der Waals surface area (Å²) in [5, 5.41) is 0. The van der Waals surface area contributed by atoms with E-state index in [9.17, 15) is 9.59 Å². The minimum Gasteiger partial charge on any atom is -0.276 e. The van der Waals surface area contributed by atoms with Crippen LogP contribution in [0.4, 0.5) is 0 Å². The van der Waals surface area contributed by atoms with Crippen molar-refractivity contribution in [2.75, 3.05) is 0 Å². The monoisotopic (exact) mass is 231 g/mol. The van der Waals surface area contributed by atoms with Crippen LogP contribution in [0.3, 0.4) is 0 Å². The lowest BCUT2D eigenvalue weighted by Crippen LogP contribution is -2.46. The molecule has 0 saturated carbocycles. The predicted octanol–water partition coefficient (Wildman–Crippen LogP) is 2.24. The zero-order valence-electron chi connectivity index (χ0n) is 10.7. The van der Waals surface area contributed by atoms with Crippen LogP contribution in [-0.4, -0.2) is 22.8 Å². The van der Waals surface area contributed by atoms with Crippen molar-refractivity contribution in [1.82, 2.24) is 4.90 Å². The van der Waals surface area contributed by atoms with E-state index >= 15 is 0 Å². The molecule has 3 nitrogen and oxygen atoms in total. The molecule has 0 unspecified atom stereocenters. The Balaban J connectivity index is 2.54. The largest absolute Gasteiger partial charge is 0.276 e. The van der Waals surface area contributed by atoms with E-state index in [4.69, 9.17) is 0 Å². The maximum atomic E-state index is 12.2. The Morgan fingerprint density at radius 3 is 2.29 bits per heavy atom. The summed E-state index contributed by atoms with van der Waals surface area (Å²) in [6.07, 6.45) is 0.334. The van der Waals surface area contributed by atoms with E-state index < -0.39 is 0 Å². The fraction of sp³-hybridized carbons (Fsp3) is 0.429. The van der Waals surface area contributed by atoms with E-state index in [1.807, 2.05) is 39.8 Å². The molecule has 0 saturated heterocycles. The molecule has 0 fully saturated rings. The number of carbonyl (C=O) groups is 2. The van der Waals surface area contributed by atoms with Crippen LogP contribution in [0.15, 0.2) is 12.1 Å². The van der Waals surface area contributed by atoms with Gasteiger partial charge in [-0.1, -0.05) is 6.07 Å². The van der Waals surface area contributed by atoms with Gasteiger partial charge in [-0.15, -0.1) is 0 Å². The third-order valence-corrected chi connectivity index (χ3v) is 3.30. The maximum absolute atomic E-state index is 12.2. The van der Waals surface area contributed by atoms with Gasteiger partial charge in [-0.25, -0.2) is 0 Å². The predicted molar refractivity (Wildman–Crippen MR) is 65.9 cm³/mol. The first-order chi connectivity index (χ1) is 7.91. The molecule has 1 aliphatic rings. The number of aryl methyl sites for hydroxylation is 2. The Labute approximate surface area is 101 Å². The molecule has 0 bridgehead atoms. The van der Waals surface area contributed by atoms with Gasteiger partial charge in [0, 0.05) is 11.6 Å². The molecule has 1 aliphatic heterocycles. The highest BCUT2D eigenvalue weighted by Crippen LogP contribution is 2.24. The van der Waals surface area contributed by atoms with E-state index in [1.165, 1.54) is 4.90 Å². The van der Waals surface area contributed by atoms with Crippen LogP contribution in [0.5, 0.6) is 0 Å². The molecule has 2 rings (SSSR count). The van der Waals surface area contributed by atoms with Crippen molar-refractivity contribution >= 4 is 11.8 Å². The molecule has 17 heavy (non-hydrogen) atoms. The van der Waals surface area contributed by atoms with Crippen LogP contribution in [0.1, 0.15) is 40.9 Å². The maximum Gasteiger partial charge on any atom is 0.261 e. The smallest absolute Gasteiger partial charge is 0.261 e. The van der Waals surface area contributed by atoms with Crippen LogP contribution >= 0.6 is 0 Å². The Morgan fingerprint density at radius 2 is 1.71 bits per heavy atom. The first-order valence-electron chi connectivity index (χ1n) is 5.88. The lowest BCUT2D eigenvalue weighted by molar-refractivity contribution is -0.129. The Hall–Kier alpha value is -1.64. The highest BCUT2D eigenvalue weighted by Gasteiger charge is 2.32. The molecule has 1 heterocycles. The zero-order chi connectivity index (χ0) is 12.7.